The largest absolute Gasteiger partial charge is 0.381 e. The maximum Gasteiger partial charge on any atom is 0.0466 e. The second-order valence-corrected chi connectivity index (χ2v) is 8.68. The van der Waals surface area contributed by atoms with E-state index in [1.54, 1.807) is 0 Å². The van der Waals surface area contributed by atoms with Crippen molar-refractivity contribution in [2.45, 2.75) is 155 Å². The predicted octanol–water partition coefficient (Wildman–Crippen LogP) is 9.24. The standard InChI is InChI=1S/C26H54O.Na/c1-3-5-7-9-11-13-15-17-19-21-23-25-27-26-24-22-20-18-16-14-12-10-8-6-4-2;/h3-26H2,1-2H3;. The summed E-state index contributed by atoms with van der Waals surface area (Å²) >= 11 is 0. The summed E-state index contributed by atoms with van der Waals surface area (Å²) in [5.41, 5.74) is 0. The molecule has 0 fully saturated rings. The van der Waals surface area contributed by atoms with Crippen LogP contribution in [-0.4, -0.2) is 42.8 Å². The Morgan fingerprint density at radius 3 is 0.786 bits per heavy atom. The van der Waals surface area contributed by atoms with Gasteiger partial charge in [-0.3, -0.25) is 0 Å². The van der Waals surface area contributed by atoms with E-state index < -0.39 is 0 Å². The van der Waals surface area contributed by atoms with Crippen LogP contribution in [0.3, 0.4) is 0 Å². The summed E-state index contributed by atoms with van der Waals surface area (Å²) in [6, 6.07) is 0. The van der Waals surface area contributed by atoms with Crippen LogP contribution in [0.25, 0.3) is 0 Å². The monoisotopic (exact) mass is 405 g/mol. The molecular weight excluding hydrogens is 351 g/mol. The van der Waals surface area contributed by atoms with Gasteiger partial charge in [0.05, 0.1) is 0 Å². The average Bonchev–Trinajstić information content (AvgIpc) is 2.68. The van der Waals surface area contributed by atoms with E-state index in [0.29, 0.717) is 0 Å². The van der Waals surface area contributed by atoms with Crippen LogP contribution in [0, 0.1) is 0 Å². The minimum atomic E-state index is 0. The Hall–Kier alpha value is 0.960. The van der Waals surface area contributed by atoms with Gasteiger partial charge < -0.3 is 4.74 Å². The van der Waals surface area contributed by atoms with Crippen LogP contribution in [0.15, 0.2) is 0 Å². The molecule has 0 saturated carbocycles. The molecule has 0 aromatic heterocycles. The fourth-order valence-corrected chi connectivity index (χ4v) is 3.84. The van der Waals surface area contributed by atoms with Gasteiger partial charge in [-0.1, -0.05) is 142 Å². The average molecular weight is 406 g/mol. The summed E-state index contributed by atoms with van der Waals surface area (Å²) in [6.45, 7) is 6.58. The Bertz CT molecular complexity index is 221. The van der Waals surface area contributed by atoms with Crippen molar-refractivity contribution in [2.75, 3.05) is 13.2 Å². The Kier molecular flexibility index (Phi) is 33.5. The first kappa shape index (κ1) is 31.1. The van der Waals surface area contributed by atoms with E-state index >= 15 is 0 Å². The van der Waals surface area contributed by atoms with Crippen molar-refractivity contribution in [1.29, 1.82) is 0 Å². The molecule has 1 nitrogen and oxygen atoms in total. The molecule has 0 N–H and O–H groups in total. The molecule has 0 aliphatic heterocycles. The first-order valence-electron chi connectivity index (χ1n) is 13.0. The Morgan fingerprint density at radius 1 is 0.321 bits per heavy atom. The van der Waals surface area contributed by atoms with E-state index in [-0.39, 0.29) is 29.6 Å². The summed E-state index contributed by atoms with van der Waals surface area (Å²) in [6.07, 6.45) is 31.1. The van der Waals surface area contributed by atoms with Crippen molar-refractivity contribution < 1.29 is 4.74 Å². The van der Waals surface area contributed by atoms with Crippen LogP contribution >= 0.6 is 0 Å². The molecule has 0 atom stereocenters. The fourth-order valence-electron chi connectivity index (χ4n) is 3.84. The van der Waals surface area contributed by atoms with Gasteiger partial charge in [0, 0.05) is 42.8 Å². The van der Waals surface area contributed by atoms with Gasteiger partial charge in [0.25, 0.3) is 0 Å². The second kappa shape index (κ2) is 30.2. The predicted molar refractivity (Wildman–Crippen MR) is 129 cm³/mol. The smallest absolute Gasteiger partial charge is 0.0466 e. The summed E-state index contributed by atoms with van der Waals surface area (Å²) in [5, 5.41) is 0. The van der Waals surface area contributed by atoms with Gasteiger partial charge in [-0.05, 0) is 12.8 Å². The molecule has 2 heteroatoms. The molecule has 0 amide bonds. The quantitative estimate of drug-likeness (QED) is 0.115. The van der Waals surface area contributed by atoms with Crippen molar-refractivity contribution in [3.63, 3.8) is 0 Å². The van der Waals surface area contributed by atoms with Gasteiger partial charge in [-0.15, -0.1) is 0 Å². The zero-order valence-corrected chi connectivity index (χ0v) is 22.4. The van der Waals surface area contributed by atoms with Crippen LogP contribution in [0.2, 0.25) is 0 Å². The van der Waals surface area contributed by atoms with E-state index in [4.69, 9.17) is 4.74 Å². The molecule has 0 aliphatic rings. The molecule has 0 heterocycles. The third kappa shape index (κ3) is 29.2. The van der Waals surface area contributed by atoms with Crippen molar-refractivity contribution in [3.8, 4) is 0 Å². The van der Waals surface area contributed by atoms with Gasteiger partial charge >= 0.3 is 0 Å². The molecule has 0 unspecified atom stereocenters. The molecule has 0 rings (SSSR count). The van der Waals surface area contributed by atoms with E-state index in [1.165, 1.54) is 141 Å². The number of rotatable bonds is 24. The van der Waals surface area contributed by atoms with Crippen LogP contribution in [0.1, 0.15) is 155 Å². The van der Waals surface area contributed by atoms with Gasteiger partial charge in [0.15, 0.2) is 0 Å². The van der Waals surface area contributed by atoms with Crippen LogP contribution in [-0.2, 0) is 4.74 Å². The molecule has 0 bridgehead atoms. The molecule has 165 valence electrons. The number of ether oxygens (including phenoxy) is 1. The van der Waals surface area contributed by atoms with Crippen LogP contribution < -0.4 is 0 Å². The summed E-state index contributed by atoms with van der Waals surface area (Å²) in [5.74, 6) is 0. The normalized spacial score (nSPS) is 10.9. The number of hydrogen-bond acceptors (Lipinski definition) is 1. The van der Waals surface area contributed by atoms with E-state index in [1.807, 2.05) is 0 Å². The third-order valence-corrected chi connectivity index (χ3v) is 5.78. The van der Waals surface area contributed by atoms with Crippen molar-refractivity contribution in [1.82, 2.24) is 0 Å². The Morgan fingerprint density at radius 2 is 0.536 bits per heavy atom. The van der Waals surface area contributed by atoms with Crippen molar-refractivity contribution in [3.05, 3.63) is 0 Å². The molecule has 0 aliphatic carbocycles. The van der Waals surface area contributed by atoms with Crippen LogP contribution in [0.5, 0.6) is 0 Å². The maximum atomic E-state index is 5.80. The molecule has 0 aromatic rings. The van der Waals surface area contributed by atoms with Gasteiger partial charge in [0.1, 0.15) is 0 Å². The first-order chi connectivity index (χ1) is 13.4. The van der Waals surface area contributed by atoms with Crippen molar-refractivity contribution >= 4 is 29.6 Å². The Balaban J connectivity index is 0. The van der Waals surface area contributed by atoms with E-state index in [0.717, 1.165) is 13.2 Å². The zero-order chi connectivity index (χ0) is 19.7. The summed E-state index contributed by atoms with van der Waals surface area (Å²) in [7, 11) is 0. The molecule has 1 radical (unpaired) electrons. The maximum absolute atomic E-state index is 5.80. The van der Waals surface area contributed by atoms with Crippen molar-refractivity contribution in [2.24, 2.45) is 0 Å². The first-order valence-corrected chi connectivity index (χ1v) is 13.0. The molecule has 0 saturated heterocycles. The molecular formula is C26H54NaO. The second-order valence-electron chi connectivity index (χ2n) is 8.68. The molecule has 28 heavy (non-hydrogen) atoms. The Labute approximate surface area is 201 Å². The topological polar surface area (TPSA) is 9.23 Å². The molecule has 0 aromatic carbocycles. The van der Waals surface area contributed by atoms with Crippen LogP contribution in [0.4, 0.5) is 0 Å². The third-order valence-electron chi connectivity index (χ3n) is 5.78. The molecule has 0 spiro atoms. The minimum Gasteiger partial charge on any atom is -0.381 e. The van der Waals surface area contributed by atoms with Gasteiger partial charge in [-0.2, -0.15) is 0 Å². The SMILES string of the molecule is CCCCCCCCCCCCCOCCCCCCCCCCCCC.[Na]. The fraction of sp³-hybridized carbons (Fsp3) is 1.00. The van der Waals surface area contributed by atoms with E-state index in [2.05, 4.69) is 13.8 Å². The zero-order valence-electron chi connectivity index (χ0n) is 20.4. The number of unbranched alkanes of at least 4 members (excludes halogenated alkanes) is 20. The summed E-state index contributed by atoms with van der Waals surface area (Å²) in [4.78, 5) is 0. The van der Waals surface area contributed by atoms with Gasteiger partial charge in [-0.25, -0.2) is 0 Å². The minimum absolute atomic E-state index is 0. The number of hydrogen-bond donors (Lipinski definition) is 0. The summed E-state index contributed by atoms with van der Waals surface area (Å²) < 4.78 is 5.80. The van der Waals surface area contributed by atoms with E-state index in [9.17, 15) is 0 Å². The van der Waals surface area contributed by atoms with Gasteiger partial charge in [0.2, 0.25) is 0 Å².